The van der Waals surface area contributed by atoms with Gasteiger partial charge in [-0.2, -0.15) is 0 Å². The molecule has 0 bridgehead atoms. The number of ether oxygens (including phenoxy) is 6. The Morgan fingerprint density at radius 3 is 1.20 bits per heavy atom. The van der Waals surface area contributed by atoms with Crippen LogP contribution in [0.1, 0.15) is 6.42 Å². The van der Waals surface area contributed by atoms with Gasteiger partial charge in [0.15, 0.2) is 0 Å². The largest absolute Gasteiger partial charge is 0.508 e. The van der Waals surface area contributed by atoms with Crippen LogP contribution in [-0.2, 0) is 38.0 Å². The quantitative estimate of drug-likeness (QED) is 0.182. The summed E-state index contributed by atoms with van der Waals surface area (Å²) in [5.41, 5.74) is 0. The van der Waals surface area contributed by atoms with Gasteiger partial charge in [-0.25, -0.2) is 9.59 Å². The first-order valence-corrected chi connectivity index (χ1v) is 7.11. The molecule has 0 aliphatic rings. The van der Waals surface area contributed by atoms with E-state index in [-0.39, 0.29) is 52.9 Å². The lowest BCUT2D eigenvalue weighted by molar-refractivity contribution is -0.156. The third-order valence-electron chi connectivity index (χ3n) is 2.04. The highest BCUT2D eigenvalue weighted by molar-refractivity contribution is 5.91. The maximum Gasteiger partial charge on any atom is 0.508 e. The van der Waals surface area contributed by atoms with E-state index >= 15 is 0 Å². The Labute approximate surface area is 142 Å². The third-order valence-corrected chi connectivity index (χ3v) is 2.04. The number of hydrogen-bond donors (Lipinski definition) is 2. The number of aliphatic hydroxyl groups is 2. The third kappa shape index (κ3) is 14.7. The van der Waals surface area contributed by atoms with Crippen LogP contribution in [0.15, 0.2) is 0 Å². The fourth-order valence-corrected chi connectivity index (χ4v) is 1.12. The van der Waals surface area contributed by atoms with Crippen LogP contribution in [0.3, 0.4) is 0 Å². The number of rotatable bonds is 12. The molecule has 0 rings (SSSR count). The molecule has 0 aliphatic heterocycles. The molecule has 0 aromatic rings. The molecule has 0 unspecified atom stereocenters. The van der Waals surface area contributed by atoms with Gasteiger partial charge >= 0.3 is 24.2 Å². The van der Waals surface area contributed by atoms with Crippen LogP contribution in [0, 0.1) is 0 Å². The minimum Gasteiger partial charge on any atom is -0.462 e. The Balaban J connectivity index is 3.60. The van der Waals surface area contributed by atoms with E-state index in [4.69, 9.17) is 10.2 Å². The molecule has 0 atom stereocenters. The number of esters is 2. The van der Waals surface area contributed by atoms with Gasteiger partial charge in [0.05, 0.1) is 13.2 Å². The van der Waals surface area contributed by atoms with Crippen LogP contribution in [-0.4, -0.2) is 87.3 Å². The fourth-order valence-electron chi connectivity index (χ4n) is 1.12. The lowest BCUT2D eigenvalue weighted by atomic mass is 10.4. The van der Waals surface area contributed by atoms with Gasteiger partial charge in [-0.05, 0) is 0 Å². The minimum absolute atomic E-state index is 0.215. The van der Waals surface area contributed by atoms with Crippen molar-refractivity contribution in [2.75, 3.05) is 52.9 Å². The standard InChI is InChI=1S/C13H20O12/c14-1-3-22-12(18)24-7-5-20-10(16)9-11(17)21-6-8-25-13(19)23-4-2-15/h14-15H,1-9H2. The monoisotopic (exact) mass is 368 g/mol. The molecule has 0 saturated carbocycles. The van der Waals surface area contributed by atoms with Gasteiger partial charge < -0.3 is 38.6 Å². The zero-order chi connectivity index (χ0) is 18.9. The highest BCUT2D eigenvalue weighted by Gasteiger charge is 2.13. The first-order valence-electron chi connectivity index (χ1n) is 7.11. The van der Waals surface area contributed by atoms with E-state index in [1.807, 2.05) is 0 Å². The first kappa shape index (κ1) is 22.4. The van der Waals surface area contributed by atoms with E-state index in [1.54, 1.807) is 0 Å². The van der Waals surface area contributed by atoms with Gasteiger partial charge in [0.1, 0.15) is 46.1 Å². The van der Waals surface area contributed by atoms with Crippen molar-refractivity contribution in [2.24, 2.45) is 0 Å². The average Bonchev–Trinajstić information content (AvgIpc) is 2.58. The Kier molecular flexibility index (Phi) is 13.4. The Morgan fingerprint density at radius 1 is 0.520 bits per heavy atom. The summed E-state index contributed by atoms with van der Waals surface area (Å²) in [6.45, 7) is -2.27. The predicted octanol–water partition coefficient (Wildman–Crippen LogP) is -1.25. The van der Waals surface area contributed by atoms with Gasteiger partial charge in [0.25, 0.3) is 0 Å². The molecule has 0 aromatic heterocycles. The van der Waals surface area contributed by atoms with Crippen LogP contribution in [0.25, 0.3) is 0 Å². The molecule has 0 aliphatic carbocycles. The summed E-state index contributed by atoms with van der Waals surface area (Å²) in [6.07, 6.45) is -2.73. The molecule has 12 heteroatoms. The van der Waals surface area contributed by atoms with E-state index < -0.39 is 30.7 Å². The van der Waals surface area contributed by atoms with Gasteiger partial charge in [-0.1, -0.05) is 0 Å². The van der Waals surface area contributed by atoms with Crippen molar-refractivity contribution in [1.29, 1.82) is 0 Å². The van der Waals surface area contributed by atoms with E-state index in [1.165, 1.54) is 0 Å². The van der Waals surface area contributed by atoms with Crippen molar-refractivity contribution >= 4 is 24.2 Å². The Bertz CT molecular complexity index is 383. The van der Waals surface area contributed by atoms with Crippen molar-refractivity contribution in [3.05, 3.63) is 0 Å². The second-order valence-corrected chi connectivity index (χ2v) is 3.96. The van der Waals surface area contributed by atoms with Crippen LogP contribution >= 0.6 is 0 Å². The number of hydrogen-bond acceptors (Lipinski definition) is 12. The van der Waals surface area contributed by atoms with E-state index in [0.29, 0.717) is 0 Å². The molecule has 25 heavy (non-hydrogen) atoms. The van der Waals surface area contributed by atoms with Crippen LogP contribution < -0.4 is 0 Å². The molecule has 12 nitrogen and oxygen atoms in total. The fraction of sp³-hybridized carbons (Fsp3) is 0.692. The summed E-state index contributed by atoms with van der Waals surface area (Å²) in [6, 6.07) is 0. The van der Waals surface area contributed by atoms with Gasteiger partial charge in [0.2, 0.25) is 0 Å². The second-order valence-electron chi connectivity index (χ2n) is 3.96. The summed E-state index contributed by atoms with van der Waals surface area (Å²) in [5, 5.41) is 16.8. The van der Waals surface area contributed by atoms with E-state index in [0.717, 1.165) is 0 Å². The van der Waals surface area contributed by atoms with Gasteiger partial charge in [-0.15, -0.1) is 0 Å². The molecule has 0 heterocycles. The molecule has 0 radical (unpaired) electrons. The van der Waals surface area contributed by atoms with Crippen molar-refractivity contribution in [1.82, 2.24) is 0 Å². The van der Waals surface area contributed by atoms with Crippen molar-refractivity contribution in [3.63, 3.8) is 0 Å². The Hall–Kier alpha value is -2.60. The summed E-state index contributed by atoms with van der Waals surface area (Å²) in [4.78, 5) is 44.2. The predicted molar refractivity (Wildman–Crippen MR) is 75.3 cm³/mol. The zero-order valence-electron chi connectivity index (χ0n) is 13.3. The minimum atomic E-state index is -1.03. The number of carbonyl (C=O) groups excluding carboxylic acids is 4. The van der Waals surface area contributed by atoms with Crippen molar-refractivity contribution < 1.29 is 57.8 Å². The first-order chi connectivity index (χ1) is 12.0. The van der Waals surface area contributed by atoms with Crippen molar-refractivity contribution in [3.8, 4) is 0 Å². The normalized spacial score (nSPS) is 9.68. The number of aliphatic hydroxyl groups excluding tert-OH is 2. The topological polar surface area (TPSA) is 164 Å². The molecule has 0 saturated heterocycles. The summed E-state index contributed by atoms with van der Waals surface area (Å²) >= 11 is 0. The molecular weight excluding hydrogens is 348 g/mol. The molecule has 0 amide bonds. The summed E-state index contributed by atoms with van der Waals surface area (Å²) in [5.74, 6) is -1.80. The van der Waals surface area contributed by atoms with Crippen LogP contribution in [0.5, 0.6) is 0 Å². The van der Waals surface area contributed by atoms with Crippen LogP contribution in [0.2, 0.25) is 0 Å². The molecule has 144 valence electrons. The number of carbonyl (C=O) groups is 4. The molecule has 2 N–H and O–H groups in total. The highest BCUT2D eigenvalue weighted by Crippen LogP contribution is 1.93. The highest BCUT2D eigenvalue weighted by atomic mass is 16.7. The Morgan fingerprint density at radius 2 is 0.840 bits per heavy atom. The summed E-state index contributed by atoms with van der Waals surface area (Å²) < 4.78 is 26.9. The zero-order valence-corrected chi connectivity index (χ0v) is 13.3. The average molecular weight is 368 g/mol. The molecule has 0 spiro atoms. The second kappa shape index (κ2) is 15.0. The van der Waals surface area contributed by atoms with E-state index in [9.17, 15) is 19.2 Å². The smallest absolute Gasteiger partial charge is 0.462 e. The SMILES string of the molecule is O=C(CC(=O)OCCOC(=O)OCCO)OCCOC(=O)OCCO. The van der Waals surface area contributed by atoms with Crippen LogP contribution in [0.4, 0.5) is 9.59 Å². The van der Waals surface area contributed by atoms with Crippen molar-refractivity contribution in [2.45, 2.75) is 6.42 Å². The molecular formula is C13H20O12. The van der Waals surface area contributed by atoms with E-state index in [2.05, 4.69) is 28.4 Å². The molecule has 0 aromatic carbocycles. The van der Waals surface area contributed by atoms with Gasteiger partial charge in [0, 0.05) is 0 Å². The van der Waals surface area contributed by atoms with Gasteiger partial charge in [-0.3, -0.25) is 9.59 Å². The molecule has 0 fully saturated rings. The maximum atomic E-state index is 11.3. The lowest BCUT2D eigenvalue weighted by Gasteiger charge is -2.07. The lowest BCUT2D eigenvalue weighted by Crippen LogP contribution is -2.20. The maximum absolute atomic E-state index is 11.3. The summed E-state index contributed by atoms with van der Waals surface area (Å²) in [7, 11) is 0.